The second-order valence-electron chi connectivity index (χ2n) is 7.88. The van der Waals surface area contributed by atoms with E-state index < -0.39 is 26.0 Å². The molecule has 0 heterocycles. The van der Waals surface area contributed by atoms with Gasteiger partial charge in [0.05, 0.1) is 32.5 Å². The minimum absolute atomic E-state index is 0. The first-order valence-corrected chi connectivity index (χ1v) is 13.8. The fourth-order valence-corrected chi connectivity index (χ4v) is 3.97. The molecule has 0 saturated carbocycles. The van der Waals surface area contributed by atoms with E-state index in [1.807, 2.05) is 0 Å². The Labute approximate surface area is 284 Å². The molecule has 18 heteroatoms. The second kappa shape index (κ2) is 15.0. The largest absolute Gasteiger partial charge is 0.505 e. The molecule has 2 radical (unpaired) electrons. The average Bonchev–Trinajstić information content (AvgIpc) is 2.91. The van der Waals surface area contributed by atoms with Gasteiger partial charge in [0.2, 0.25) is 0 Å². The van der Waals surface area contributed by atoms with Crippen molar-refractivity contribution in [1.29, 1.82) is 0 Å². The maximum absolute atomic E-state index is 11.1. The molecule has 0 fully saturated rings. The molecule has 4 aromatic rings. The number of azo groups is 3. The van der Waals surface area contributed by atoms with Gasteiger partial charge in [0.1, 0.15) is 22.9 Å². The van der Waals surface area contributed by atoms with E-state index in [-0.39, 0.29) is 91.7 Å². The van der Waals surface area contributed by atoms with E-state index >= 15 is 0 Å². The smallest absolute Gasteiger partial charge is 0.294 e. The minimum atomic E-state index is -4.35. The fraction of sp³-hybridized carbons (Fsp3) is 0. The Hall–Kier alpha value is -2.90. The maximum atomic E-state index is 11.1. The minimum Gasteiger partial charge on any atom is -0.505 e. The molecule has 0 atom stereocenters. The summed E-state index contributed by atoms with van der Waals surface area (Å²) < 4.78 is 62.5. The molecule has 0 aromatic heterocycles. The van der Waals surface area contributed by atoms with Crippen LogP contribution >= 0.6 is 0 Å². The van der Waals surface area contributed by atoms with Gasteiger partial charge in [-0.15, -0.1) is 10.2 Å². The number of benzene rings is 4. The van der Waals surface area contributed by atoms with Crippen LogP contribution in [0.5, 0.6) is 11.5 Å². The van der Waals surface area contributed by atoms with Crippen LogP contribution < -0.4 is 0 Å². The Morgan fingerprint density at radius 3 is 0.976 bits per heavy atom. The zero-order valence-corrected chi connectivity index (χ0v) is 27.6. The van der Waals surface area contributed by atoms with E-state index in [9.17, 15) is 27.0 Å². The van der Waals surface area contributed by atoms with Gasteiger partial charge in [-0.3, -0.25) is 9.11 Å². The third-order valence-corrected chi connectivity index (χ3v) is 6.75. The van der Waals surface area contributed by atoms with Gasteiger partial charge < -0.3 is 10.2 Å². The van der Waals surface area contributed by atoms with Gasteiger partial charge in [0.25, 0.3) is 20.2 Å². The molecule has 0 amide bonds. The standard InChI is InChI=1S/C24H18N6O8S2.2Na/c31-23-14-24(32)22(30-28-18-7-11-20(12-8-18)40(36,37)38)13-21(23)29-27-16-3-1-15(2-4-16)25-26-17-5-9-19(10-6-17)39(33,34)35;;/h1-14,31-32H,(H,33,34,35)(H,36,37,38);;. The predicted molar refractivity (Wildman–Crippen MR) is 153 cm³/mol. The summed E-state index contributed by atoms with van der Waals surface area (Å²) in [6.45, 7) is 0. The average molecular weight is 629 g/mol. The summed E-state index contributed by atoms with van der Waals surface area (Å²) in [5.41, 5.74) is 1.37. The number of nitrogens with zero attached hydrogens (tertiary/aromatic N) is 6. The maximum Gasteiger partial charge on any atom is 0.294 e. The number of aromatic hydroxyl groups is 2. The van der Waals surface area contributed by atoms with Gasteiger partial charge in [-0.05, 0) is 72.8 Å². The fourth-order valence-electron chi connectivity index (χ4n) is 3.01. The third-order valence-electron chi connectivity index (χ3n) is 5.02. The molecule has 0 bridgehead atoms. The normalized spacial score (nSPS) is 12.0. The summed E-state index contributed by atoms with van der Waals surface area (Å²) in [7, 11) is -8.65. The quantitative estimate of drug-likeness (QED) is 0.101. The Kier molecular flexibility index (Phi) is 12.6. The van der Waals surface area contributed by atoms with Crippen molar-refractivity contribution < 1.29 is 36.2 Å². The molecule has 206 valence electrons. The second-order valence-corrected chi connectivity index (χ2v) is 10.7. The Bertz CT molecular complexity index is 1850. The van der Waals surface area contributed by atoms with Crippen molar-refractivity contribution in [2.24, 2.45) is 30.7 Å². The summed E-state index contributed by atoms with van der Waals surface area (Å²) in [5, 5.41) is 44.0. The monoisotopic (exact) mass is 628 g/mol. The van der Waals surface area contributed by atoms with Crippen LogP contribution in [0.2, 0.25) is 0 Å². The van der Waals surface area contributed by atoms with E-state index in [1.54, 1.807) is 24.3 Å². The molecule has 4 N–H and O–H groups in total. The van der Waals surface area contributed by atoms with Crippen molar-refractivity contribution in [3.05, 3.63) is 84.9 Å². The molecule has 14 nitrogen and oxygen atoms in total. The van der Waals surface area contributed by atoms with E-state index in [1.165, 1.54) is 42.5 Å². The van der Waals surface area contributed by atoms with Gasteiger partial charge in [-0.1, -0.05) is 0 Å². The first kappa shape index (κ1) is 35.3. The van der Waals surface area contributed by atoms with Gasteiger partial charge >= 0.3 is 0 Å². The van der Waals surface area contributed by atoms with Crippen LogP contribution in [0, 0.1) is 0 Å². The van der Waals surface area contributed by atoms with E-state index in [2.05, 4.69) is 30.7 Å². The third kappa shape index (κ3) is 9.84. The molecule has 0 saturated heterocycles. The molecule has 0 aliphatic rings. The molecule has 0 unspecified atom stereocenters. The zero-order chi connectivity index (χ0) is 28.9. The van der Waals surface area contributed by atoms with Gasteiger partial charge in [-0.25, -0.2) is 0 Å². The van der Waals surface area contributed by atoms with Gasteiger partial charge in [0.15, 0.2) is 0 Å². The summed E-state index contributed by atoms with van der Waals surface area (Å²) in [6, 6.07) is 18.6. The molecule has 4 aromatic carbocycles. The predicted octanol–water partition coefficient (Wildman–Crippen LogP) is 6.08. The van der Waals surface area contributed by atoms with Crippen molar-refractivity contribution in [2.45, 2.75) is 9.79 Å². The van der Waals surface area contributed by atoms with E-state index in [0.717, 1.165) is 18.2 Å². The van der Waals surface area contributed by atoms with Crippen LogP contribution in [0.25, 0.3) is 0 Å². The van der Waals surface area contributed by atoms with Crippen LogP contribution in [0.4, 0.5) is 34.1 Å². The van der Waals surface area contributed by atoms with Crippen LogP contribution in [0.15, 0.2) is 125 Å². The number of hydrogen-bond donors (Lipinski definition) is 4. The van der Waals surface area contributed by atoms with Crippen molar-refractivity contribution >= 4 is 113 Å². The number of hydrogen-bond acceptors (Lipinski definition) is 12. The van der Waals surface area contributed by atoms with Crippen molar-refractivity contribution in [1.82, 2.24) is 0 Å². The zero-order valence-electron chi connectivity index (χ0n) is 22.0. The van der Waals surface area contributed by atoms with E-state index in [4.69, 9.17) is 9.11 Å². The van der Waals surface area contributed by atoms with Crippen molar-refractivity contribution in [3.8, 4) is 11.5 Å². The molecule has 0 aliphatic carbocycles. The SMILES string of the molecule is O=S(=O)(O)c1ccc(N=Nc2ccc(N=Nc3cc(N=Nc4ccc(S(=O)(=O)O)cc4)c(O)cc3O)cc2)cc1.[Na].[Na]. The van der Waals surface area contributed by atoms with Crippen LogP contribution in [-0.2, 0) is 20.2 Å². The topological polar surface area (TPSA) is 223 Å². The van der Waals surface area contributed by atoms with Gasteiger partial charge in [0, 0.05) is 71.2 Å². The summed E-state index contributed by atoms with van der Waals surface area (Å²) in [4.78, 5) is -0.574. The van der Waals surface area contributed by atoms with Gasteiger partial charge in [-0.2, -0.15) is 37.3 Å². The summed E-state index contributed by atoms with van der Waals surface area (Å²) in [5.74, 6) is -0.764. The number of phenolic OH excluding ortho intramolecular Hbond substituents is 2. The van der Waals surface area contributed by atoms with E-state index in [0.29, 0.717) is 17.1 Å². The summed E-state index contributed by atoms with van der Waals surface area (Å²) >= 11 is 0. The Morgan fingerprint density at radius 1 is 0.429 bits per heavy atom. The summed E-state index contributed by atoms with van der Waals surface area (Å²) in [6.07, 6.45) is 0. The Balaban J connectivity index is 0.00000308. The van der Waals surface area contributed by atoms with Crippen LogP contribution in [0.1, 0.15) is 0 Å². The first-order valence-electron chi connectivity index (χ1n) is 10.9. The van der Waals surface area contributed by atoms with Crippen LogP contribution in [0.3, 0.4) is 0 Å². The molecule has 42 heavy (non-hydrogen) atoms. The van der Waals surface area contributed by atoms with Crippen molar-refractivity contribution in [3.63, 3.8) is 0 Å². The van der Waals surface area contributed by atoms with Crippen LogP contribution in [-0.4, -0.2) is 95.3 Å². The Morgan fingerprint density at radius 2 is 0.690 bits per heavy atom. The van der Waals surface area contributed by atoms with Crippen molar-refractivity contribution in [2.75, 3.05) is 0 Å². The number of phenols is 2. The molecular formula is C24H18N6Na2O8S2. The molecule has 0 aliphatic heterocycles. The molecule has 4 rings (SSSR count). The molecular weight excluding hydrogens is 610 g/mol. The number of rotatable bonds is 8. The molecule has 0 spiro atoms. The first-order chi connectivity index (χ1) is 18.9.